The lowest BCUT2D eigenvalue weighted by atomic mass is 10.0. The predicted octanol–water partition coefficient (Wildman–Crippen LogP) is 5.66. The van der Waals surface area contributed by atoms with Gasteiger partial charge in [-0.25, -0.2) is 0 Å². The second-order valence-corrected chi connectivity index (χ2v) is 7.54. The van der Waals surface area contributed by atoms with Crippen LogP contribution < -0.4 is 5.32 Å². The minimum absolute atomic E-state index is 0.0939. The van der Waals surface area contributed by atoms with Crippen molar-refractivity contribution in [1.29, 1.82) is 0 Å². The van der Waals surface area contributed by atoms with Crippen molar-refractivity contribution >= 4 is 45.7 Å². The summed E-state index contributed by atoms with van der Waals surface area (Å²) in [5.74, 6) is 0.912. The SMILES string of the molecule is O=C(CCSc1nnc(-c2cccc3ccccc23)o1)Nc1cccc(Cl)c1. The van der Waals surface area contributed by atoms with Crippen LogP contribution in [0.2, 0.25) is 5.02 Å². The first-order valence-electron chi connectivity index (χ1n) is 8.69. The molecule has 0 aliphatic heterocycles. The maximum absolute atomic E-state index is 12.1. The van der Waals surface area contributed by atoms with Crippen molar-refractivity contribution in [3.63, 3.8) is 0 Å². The minimum Gasteiger partial charge on any atom is -0.411 e. The lowest BCUT2D eigenvalue weighted by molar-refractivity contribution is -0.115. The van der Waals surface area contributed by atoms with Crippen LogP contribution in [0, 0.1) is 0 Å². The summed E-state index contributed by atoms with van der Waals surface area (Å²) < 4.78 is 5.79. The van der Waals surface area contributed by atoms with Crippen molar-refractivity contribution in [2.45, 2.75) is 11.6 Å². The summed E-state index contributed by atoms with van der Waals surface area (Å²) >= 11 is 7.28. The van der Waals surface area contributed by atoms with Crippen LogP contribution >= 0.6 is 23.4 Å². The molecule has 0 aliphatic carbocycles. The summed E-state index contributed by atoms with van der Waals surface area (Å²) in [6.07, 6.45) is 0.323. The average Bonchev–Trinajstić information content (AvgIpc) is 3.16. The Labute approximate surface area is 171 Å². The molecule has 0 aliphatic rings. The molecule has 0 bridgehead atoms. The van der Waals surface area contributed by atoms with Gasteiger partial charge in [-0.15, -0.1) is 10.2 Å². The van der Waals surface area contributed by atoms with E-state index in [2.05, 4.69) is 15.5 Å². The van der Waals surface area contributed by atoms with Crippen LogP contribution in [0.1, 0.15) is 6.42 Å². The number of rotatable bonds is 6. The zero-order valence-electron chi connectivity index (χ0n) is 14.8. The van der Waals surface area contributed by atoms with E-state index in [1.165, 1.54) is 11.8 Å². The number of fused-ring (bicyclic) bond motifs is 1. The average molecular weight is 410 g/mol. The fourth-order valence-electron chi connectivity index (χ4n) is 2.81. The highest BCUT2D eigenvalue weighted by atomic mass is 35.5. The van der Waals surface area contributed by atoms with Crippen molar-refractivity contribution in [3.8, 4) is 11.5 Å². The lowest BCUT2D eigenvalue weighted by Crippen LogP contribution is -2.12. The van der Waals surface area contributed by atoms with Gasteiger partial charge >= 0.3 is 0 Å². The van der Waals surface area contributed by atoms with Gasteiger partial charge in [0.25, 0.3) is 5.22 Å². The number of benzene rings is 3. The number of anilines is 1. The molecule has 28 heavy (non-hydrogen) atoms. The van der Waals surface area contributed by atoms with Crippen molar-refractivity contribution in [1.82, 2.24) is 10.2 Å². The van der Waals surface area contributed by atoms with Crippen LogP contribution in [0.3, 0.4) is 0 Å². The molecule has 3 aromatic carbocycles. The normalized spacial score (nSPS) is 10.9. The van der Waals surface area contributed by atoms with Gasteiger partial charge in [0.05, 0.1) is 0 Å². The second kappa shape index (κ2) is 8.46. The largest absolute Gasteiger partial charge is 0.411 e. The highest BCUT2D eigenvalue weighted by Gasteiger charge is 2.12. The van der Waals surface area contributed by atoms with Gasteiger partial charge in [0.2, 0.25) is 11.8 Å². The monoisotopic (exact) mass is 409 g/mol. The van der Waals surface area contributed by atoms with Crippen molar-refractivity contribution in [2.24, 2.45) is 0 Å². The maximum atomic E-state index is 12.1. The van der Waals surface area contributed by atoms with E-state index >= 15 is 0 Å². The van der Waals surface area contributed by atoms with Gasteiger partial charge in [0.1, 0.15) is 0 Å². The molecule has 1 amide bonds. The third-order valence-electron chi connectivity index (χ3n) is 4.09. The quantitative estimate of drug-likeness (QED) is 0.416. The Kier molecular flexibility index (Phi) is 5.60. The molecule has 140 valence electrons. The van der Waals surface area contributed by atoms with Gasteiger partial charge in [0.15, 0.2) is 0 Å². The van der Waals surface area contributed by atoms with Gasteiger partial charge in [0, 0.05) is 28.4 Å². The summed E-state index contributed by atoms with van der Waals surface area (Å²) in [6.45, 7) is 0. The first-order valence-corrected chi connectivity index (χ1v) is 10.1. The number of thioether (sulfide) groups is 1. The number of nitrogens with zero attached hydrogens (tertiary/aromatic N) is 2. The second-order valence-electron chi connectivity index (χ2n) is 6.06. The van der Waals surface area contributed by atoms with Crippen LogP contribution in [0.4, 0.5) is 5.69 Å². The van der Waals surface area contributed by atoms with Crippen molar-refractivity contribution in [2.75, 3.05) is 11.1 Å². The summed E-state index contributed by atoms with van der Waals surface area (Å²) in [5, 5.41) is 14.3. The summed E-state index contributed by atoms with van der Waals surface area (Å²) in [6, 6.07) is 21.1. The molecule has 0 atom stereocenters. The van der Waals surface area contributed by atoms with E-state index in [1.807, 2.05) is 42.5 Å². The number of nitrogens with one attached hydrogen (secondary N) is 1. The van der Waals surface area contributed by atoms with Gasteiger partial charge < -0.3 is 9.73 Å². The van der Waals surface area contributed by atoms with Gasteiger partial charge in [-0.1, -0.05) is 65.8 Å². The fourth-order valence-corrected chi connectivity index (χ4v) is 3.70. The Hall–Kier alpha value is -2.83. The molecule has 0 spiro atoms. The molecule has 0 radical (unpaired) electrons. The van der Waals surface area contributed by atoms with E-state index in [0.29, 0.717) is 34.0 Å². The van der Waals surface area contributed by atoms with Gasteiger partial charge in [-0.2, -0.15) is 0 Å². The van der Waals surface area contributed by atoms with E-state index in [9.17, 15) is 4.79 Å². The molecule has 4 rings (SSSR count). The Morgan fingerprint density at radius 3 is 2.75 bits per heavy atom. The first kappa shape index (κ1) is 18.5. The van der Waals surface area contributed by atoms with Crippen LogP contribution in [-0.4, -0.2) is 21.9 Å². The van der Waals surface area contributed by atoms with Crippen LogP contribution in [0.25, 0.3) is 22.2 Å². The standard InChI is InChI=1S/C21H16ClN3O2S/c22-15-7-4-8-16(13-15)23-19(26)11-12-28-21-25-24-20(27-21)18-10-3-6-14-5-1-2-9-17(14)18/h1-10,13H,11-12H2,(H,23,26). The summed E-state index contributed by atoms with van der Waals surface area (Å²) in [4.78, 5) is 12.1. The molecule has 0 saturated carbocycles. The Bertz CT molecular complexity index is 1120. The van der Waals surface area contributed by atoms with E-state index in [-0.39, 0.29) is 5.91 Å². The van der Waals surface area contributed by atoms with E-state index in [1.54, 1.807) is 24.3 Å². The molecule has 0 unspecified atom stereocenters. The van der Waals surface area contributed by atoms with Crippen LogP contribution in [-0.2, 0) is 4.79 Å². The van der Waals surface area contributed by atoms with Gasteiger partial charge in [-0.05, 0) is 35.0 Å². The number of amides is 1. The highest BCUT2D eigenvalue weighted by molar-refractivity contribution is 7.99. The minimum atomic E-state index is -0.0939. The zero-order chi connectivity index (χ0) is 19.3. The Morgan fingerprint density at radius 2 is 1.86 bits per heavy atom. The van der Waals surface area contributed by atoms with Crippen LogP contribution in [0.15, 0.2) is 76.4 Å². The maximum Gasteiger partial charge on any atom is 0.276 e. The molecular formula is C21H16ClN3O2S. The molecule has 1 N–H and O–H groups in total. The van der Waals surface area contributed by atoms with E-state index in [4.69, 9.17) is 16.0 Å². The number of hydrogen-bond acceptors (Lipinski definition) is 5. The molecule has 7 heteroatoms. The molecule has 0 saturated heterocycles. The molecule has 1 heterocycles. The number of aromatic nitrogens is 2. The number of carbonyl (C=O) groups excluding carboxylic acids is 1. The van der Waals surface area contributed by atoms with E-state index in [0.717, 1.165) is 16.3 Å². The van der Waals surface area contributed by atoms with Crippen molar-refractivity contribution in [3.05, 3.63) is 71.8 Å². The smallest absolute Gasteiger partial charge is 0.276 e. The lowest BCUT2D eigenvalue weighted by Gasteiger charge is -2.04. The van der Waals surface area contributed by atoms with Gasteiger partial charge in [-0.3, -0.25) is 4.79 Å². The predicted molar refractivity (Wildman–Crippen MR) is 113 cm³/mol. The number of halogens is 1. The topological polar surface area (TPSA) is 68.0 Å². The van der Waals surface area contributed by atoms with Crippen molar-refractivity contribution < 1.29 is 9.21 Å². The zero-order valence-corrected chi connectivity index (χ0v) is 16.3. The Morgan fingerprint density at radius 1 is 1.04 bits per heavy atom. The molecule has 4 aromatic rings. The molecule has 1 aromatic heterocycles. The van der Waals surface area contributed by atoms with Crippen LogP contribution in [0.5, 0.6) is 0 Å². The third kappa shape index (κ3) is 4.35. The number of carbonyl (C=O) groups is 1. The summed E-state index contributed by atoms with van der Waals surface area (Å²) in [7, 11) is 0. The number of hydrogen-bond donors (Lipinski definition) is 1. The summed E-state index contributed by atoms with van der Waals surface area (Å²) in [5.41, 5.74) is 1.58. The first-order chi connectivity index (χ1) is 13.7. The fraction of sp³-hybridized carbons (Fsp3) is 0.0952. The third-order valence-corrected chi connectivity index (χ3v) is 5.14. The molecular weight excluding hydrogens is 394 g/mol. The Balaban J connectivity index is 1.37. The highest BCUT2D eigenvalue weighted by Crippen LogP contribution is 2.29. The molecule has 5 nitrogen and oxygen atoms in total. The van der Waals surface area contributed by atoms with E-state index < -0.39 is 0 Å². The molecule has 0 fully saturated rings.